The van der Waals surface area contributed by atoms with Crippen molar-refractivity contribution in [2.45, 2.75) is 57.5 Å². The van der Waals surface area contributed by atoms with Crippen LogP contribution in [0.5, 0.6) is 5.75 Å². The second-order valence-electron chi connectivity index (χ2n) is 9.39. The zero-order valence-electron chi connectivity index (χ0n) is 20.8. The van der Waals surface area contributed by atoms with Crippen LogP contribution in [0.3, 0.4) is 0 Å². The predicted molar refractivity (Wildman–Crippen MR) is 138 cm³/mol. The Hall–Kier alpha value is -3.94. The molecule has 7 nitrogen and oxygen atoms in total. The molecule has 0 fully saturated rings. The Labute approximate surface area is 214 Å². The second-order valence-corrected chi connectivity index (χ2v) is 9.39. The van der Waals surface area contributed by atoms with Crippen molar-refractivity contribution in [3.63, 3.8) is 0 Å². The maximum absolute atomic E-state index is 14.2. The number of pyridine rings is 1. The number of carboxylic acid groups (broad SMARTS) is 1. The lowest BCUT2D eigenvalue weighted by Crippen LogP contribution is -2.39. The van der Waals surface area contributed by atoms with E-state index in [9.17, 15) is 23.9 Å². The summed E-state index contributed by atoms with van der Waals surface area (Å²) >= 11 is 0. The minimum atomic E-state index is -1.07. The van der Waals surface area contributed by atoms with Gasteiger partial charge in [0.25, 0.3) is 5.56 Å². The van der Waals surface area contributed by atoms with Crippen LogP contribution in [0, 0.1) is 12.7 Å². The van der Waals surface area contributed by atoms with Crippen LogP contribution in [0.25, 0.3) is 11.1 Å². The summed E-state index contributed by atoms with van der Waals surface area (Å²) in [5.41, 5.74) is 2.45. The van der Waals surface area contributed by atoms with Crippen molar-refractivity contribution >= 4 is 11.9 Å². The number of carbonyl (C=O) groups excluding carboxylic acids is 1. The maximum Gasteiger partial charge on any atom is 0.305 e. The molecule has 3 aromatic rings. The summed E-state index contributed by atoms with van der Waals surface area (Å²) in [6.07, 6.45) is 4.81. The lowest BCUT2D eigenvalue weighted by atomic mass is 9.94. The Morgan fingerprint density at radius 3 is 2.68 bits per heavy atom. The Morgan fingerprint density at radius 1 is 1.08 bits per heavy atom. The van der Waals surface area contributed by atoms with E-state index >= 15 is 0 Å². The van der Waals surface area contributed by atoms with Crippen molar-refractivity contribution in [2.24, 2.45) is 0 Å². The zero-order chi connectivity index (χ0) is 26.4. The Kier molecular flexibility index (Phi) is 8.38. The van der Waals surface area contributed by atoms with Gasteiger partial charge in [0.2, 0.25) is 5.91 Å². The number of rotatable bonds is 3. The van der Waals surface area contributed by atoms with E-state index in [1.54, 1.807) is 43.5 Å². The Balaban J connectivity index is 1.78. The summed E-state index contributed by atoms with van der Waals surface area (Å²) in [5, 5.41) is 12.5. The highest BCUT2D eigenvalue weighted by molar-refractivity contribution is 5.82. The molecular formula is C29H31FN2O5. The molecule has 2 atom stereocenters. The molecule has 0 aliphatic carbocycles. The molecule has 2 aromatic carbocycles. The fraction of sp³-hybridized carbons (Fsp3) is 0.345. The molecule has 37 heavy (non-hydrogen) atoms. The van der Waals surface area contributed by atoms with Crippen LogP contribution in [-0.4, -0.2) is 28.2 Å². The van der Waals surface area contributed by atoms with Gasteiger partial charge in [0.05, 0.1) is 19.1 Å². The molecule has 1 aliphatic rings. The molecular weight excluding hydrogens is 475 g/mol. The summed E-state index contributed by atoms with van der Waals surface area (Å²) in [5.74, 6) is -1.43. The number of aliphatic carboxylic acids is 1. The van der Waals surface area contributed by atoms with E-state index in [0.29, 0.717) is 36.3 Å². The number of hydrogen-bond donors (Lipinski definition) is 2. The van der Waals surface area contributed by atoms with Crippen LogP contribution in [0.15, 0.2) is 65.6 Å². The van der Waals surface area contributed by atoms with Crippen molar-refractivity contribution in [1.29, 1.82) is 0 Å². The third-order valence-electron chi connectivity index (χ3n) is 6.66. The van der Waals surface area contributed by atoms with Crippen molar-refractivity contribution in [1.82, 2.24) is 9.88 Å². The molecule has 194 valence electrons. The number of halogens is 1. The van der Waals surface area contributed by atoms with Gasteiger partial charge in [-0.2, -0.15) is 0 Å². The van der Waals surface area contributed by atoms with E-state index in [-0.39, 0.29) is 17.8 Å². The van der Waals surface area contributed by atoms with Gasteiger partial charge in [0.1, 0.15) is 17.6 Å². The van der Waals surface area contributed by atoms with Gasteiger partial charge in [-0.1, -0.05) is 43.5 Å². The average Bonchev–Trinajstić information content (AvgIpc) is 2.85. The molecule has 0 unspecified atom stereocenters. The van der Waals surface area contributed by atoms with Crippen LogP contribution in [0.4, 0.5) is 4.39 Å². The SMILES string of the molecule is Cc1cc(F)cc2c1-c1cccc(c1)[C@H](CC(=O)O)NC(=O)[C@@H](n1ccccc1=O)CCCCCCO2. The molecule has 8 heteroatoms. The van der Waals surface area contributed by atoms with Crippen LogP contribution in [0.2, 0.25) is 0 Å². The number of hydrogen-bond acceptors (Lipinski definition) is 4. The highest BCUT2D eigenvalue weighted by atomic mass is 19.1. The molecule has 1 amide bonds. The first-order valence-corrected chi connectivity index (χ1v) is 12.6. The van der Waals surface area contributed by atoms with Crippen LogP contribution in [-0.2, 0) is 9.59 Å². The zero-order valence-corrected chi connectivity index (χ0v) is 20.8. The van der Waals surface area contributed by atoms with Gasteiger partial charge in [0.15, 0.2) is 0 Å². The standard InChI is InChI=1S/C29H31FN2O5/c1-19-15-22(30)17-25-28(19)21-10-8-9-20(16-21)23(18-27(34)35)31-29(36)24(11-4-2-3-7-14-37-25)32-13-6-5-12-26(32)33/h5-6,8-10,12-13,15-17,23-24H,2-4,7,11,14,18H2,1H3,(H,31,36)(H,34,35)/t23-,24-/m0/s1. The first kappa shape index (κ1) is 26.1. The summed E-state index contributed by atoms with van der Waals surface area (Å²) in [6.45, 7) is 2.22. The first-order chi connectivity index (χ1) is 17.8. The van der Waals surface area contributed by atoms with Crippen molar-refractivity contribution < 1.29 is 23.8 Å². The first-order valence-electron chi connectivity index (χ1n) is 12.6. The molecule has 1 aromatic heterocycles. The van der Waals surface area contributed by atoms with Gasteiger partial charge in [0, 0.05) is 23.9 Å². The molecule has 0 radical (unpaired) electrons. The second kappa shape index (κ2) is 11.9. The number of nitrogens with zero attached hydrogens (tertiary/aromatic N) is 1. The maximum atomic E-state index is 14.2. The van der Waals surface area contributed by atoms with E-state index < -0.39 is 24.0 Å². The molecule has 2 heterocycles. The quantitative estimate of drug-likeness (QED) is 0.510. The van der Waals surface area contributed by atoms with E-state index in [1.165, 1.54) is 22.8 Å². The summed E-state index contributed by atoms with van der Waals surface area (Å²) in [7, 11) is 0. The molecule has 4 rings (SSSR count). The Morgan fingerprint density at radius 2 is 1.89 bits per heavy atom. The third kappa shape index (κ3) is 6.44. The van der Waals surface area contributed by atoms with E-state index in [2.05, 4.69) is 5.32 Å². The Bertz CT molecular complexity index is 1340. The minimum absolute atomic E-state index is 0.290. The van der Waals surface area contributed by atoms with Crippen molar-refractivity contribution in [2.75, 3.05) is 6.61 Å². The number of fused-ring (bicyclic) bond motifs is 4. The number of carboxylic acids is 1. The van der Waals surface area contributed by atoms with Crippen LogP contribution >= 0.6 is 0 Å². The molecule has 0 saturated heterocycles. The number of carbonyl (C=O) groups is 2. The fourth-order valence-corrected chi connectivity index (χ4v) is 4.87. The largest absolute Gasteiger partial charge is 0.493 e. The van der Waals surface area contributed by atoms with Crippen LogP contribution < -0.4 is 15.6 Å². The van der Waals surface area contributed by atoms with E-state index in [4.69, 9.17) is 4.74 Å². The molecule has 1 aliphatic heterocycles. The summed E-state index contributed by atoms with van der Waals surface area (Å²) in [4.78, 5) is 37.8. The van der Waals surface area contributed by atoms with Crippen molar-refractivity contribution in [3.8, 4) is 16.9 Å². The lowest BCUT2D eigenvalue weighted by Gasteiger charge is -2.24. The molecule has 0 saturated carbocycles. The number of aryl methyl sites for hydroxylation is 1. The molecule has 2 N–H and O–H groups in total. The normalized spacial score (nSPS) is 18.8. The highest BCUT2D eigenvalue weighted by Crippen LogP contribution is 2.36. The topological polar surface area (TPSA) is 97.6 Å². The lowest BCUT2D eigenvalue weighted by molar-refractivity contribution is -0.138. The summed E-state index contributed by atoms with van der Waals surface area (Å²) < 4.78 is 21.7. The van der Waals surface area contributed by atoms with Crippen LogP contribution in [0.1, 0.15) is 61.7 Å². The summed E-state index contributed by atoms with van der Waals surface area (Å²) in [6, 6.07) is 13.1. The highest BCUT2D eigenvalue weighted by Gasteiger charge is 2.26. The van der Waals surface area contributed by atoms with Gasteiger partial charge in [-0.25, -0.2) is 4.39 Å². The monoisotopic (exact) mass is 506 g/mol. The van der Waals surface area contributed by atoms with E-state index in [1.807, 2.05) is 6.07 Å². The smallest absolute Gasteiger partial charge is 0.305 e. The number of amides is 1. The number of nitrogens with one attached hydrogen (secondary N) is 1. The van der Waals surface area contributed by atoms with Gasteiger partial charge in [-0.05, 0) is 54.7 Å². The van der Waals surface area contributed by atoms with E-state index in [0.717, 1.165) is 30.4 Å². The van der Waals surface area contributed by atoms with Gasteiger partial charge < -0.3 is 19.7 Å². The average molecular weight is 507 g/mol. The van der Waals surface area contributed by atoms with Gasteiger partial charge >= 0.3 is 5.97 Å². The fourth-order valence-electron chi connectivity index (χ4n) is 4.87. The predicted octanol–water partition coefficient (Wildman–Crippen LogP) is 5.18. The molecule has 0 spiro atoms. The van der Waals surface area contributed by atoms with Crippen molar-refractivity contribution in [3.05, 3.63) is 88.1 Å². The molecule has 2 bridgehead atoms. The minimum Gasteiger partial charge on any atom is -0.493 e. The number of ether oxygens (including phenoxy) is 1. The van der Waals surface area contributed by atoms with Gasteiger partial charge in [-0.3, -0.25) is 14.4 Å². The third-order valence-corrected chi connectivity index (χ3v) is 6.66. The number of benzene rings is 2. The van der Waals surface area contributed by atoms with Gasteiger partial charge in [-0.15, -0.1) is 0 Å². The number of aromatic nitrogens is 1.